The number of alkyl carbamates (subject to hydrolysis) is 2. The molecule has 2 N–H and O–H groups in total. The van der Waals surface area contributed by atoms with Crippen molar-refractivity contribution in [3.05, 3.63) is 0 Å². The molecule has 0 atom stereocenters. The van der Waals surface area contributed by atoms with Crippen molar-refractivity contribution in [2.75, 3.05) is 69.1 Å². The molecule has 0 aliphatic carbocycles. The van der Waals surface area contributed by atoms with E-state index in [4.69, 9.17) is 22.8 Å². The van der Waals surface area contributed by atoms with Crippen LogP contribution in [0.4, 0.5) is 9.59 Å². The van der Waals surface area contributed by atoms with Crippen LogP contribution in [0.25, 0.3) is 0 Å². The molecule has 0 aliphatic heterocycles. The van der Waals surface area contributed by atoms with Gasteiger partial charge >= 0.3 is 21.0 Å². The molecule has 12 heteroatoms. The zero-order valence-electron chi connectivity index (χ0n) is 20.8. The van der Waals surface area contributed by atoms with Gasteiger partial charge in [-0.1, -0.05) is 13.3 Å². The van der Waals surface area contributed by atoms with Crippen LogP contribution < -0.4 is 10.6 Å². The lowest BCUT2D eigenvalue weighted by atomic mass is 10.3. The Morgan fingerprint density at radius 3 is 1.58 bits per heavy atom. The normalized spacial score (nSPS) is 11.3. The van der Waals surface area contributed by atoms with Gasteiger partial charge in [-0.15, -0.1) is 0 Å². The second-order valence-electron chi connectivity index (χ2n) is 6.79. The number of thioether (sulfide) groups is 2. The van der Waals surface area contributed by atoms with E-state index in [1.165, 1.54) is 0 Å². The summed E-state index contributed by atoms with van der Waals surface area (Å²) in [5.74, 6) is 3.44. The summed E-state index contributed by atoms with van der Waals surface area (Å²) in [7, 11) is -2.66. The van der Waals surface area contributed by atoms with Gasteiger partial charge in [-0.05, 0) is 33.6 Å². The van der Waals surface area contributed by atoms with E-state index in [0.29, 0.717) is 58.6 Å². The Labute approximate surface area is 209 Å². The van der Waals surface area contributed by atoms with Crippen molar-refractivity contribution in [3.63, 3.8) is 0 Å². The minimum Gasteiger partial charge on any atom is -0.449 e. The summed E-state index contributed by atoms with van der Waals surface area (Å²) in [6.07, 6.45) is 1.97. The fourth-order valence-corrected chi connectivity index (χ4v) is 7.04. The maximum Gasteiger partial charge on any atom is 0.500 e. The van der Waals surface area contributed by atoms with Crippen molar-refractivity contribution in [1.82, 2.24) is 10.6 Å². The number of carbonyl (C=O) groups is 2. The van der Waals surface area contributed by atoms with Crippen LogP contribution in [0, 0.1) is 0 Å². The molecule has 2 amide bonds. The van der Waals surface area contributed by atoms with E-state index >= 15 is 0 Å². The highest BCUT2D eigenvalue weighted by Gasteiger charge is 2.39. The molecule has 0 unspecified atom stereocenters. The Morgan fingerprint density at radius 1 is 0.697 bits per heavy atom. The van der Waals surface area contributed by atoms with Crippen molar-refractivity contribution in [2.45, 2.75) is 53.0 Å². The number of hydrogen-bond donors (Lipinski definition) is 2. The van der Waals surface area contributed by atoms with Gasteiger partial charge in [-0.2, -0.15) is 23.5 Å². The molecule has 0 saturated heterocycles. The van der Waals surface area contributed by atoms with E-state index in [-0.39, 0.29) is 6.09 Å². The molecule has 0 heterocycles. The number of rotatable bonds is 22. The molecular weight excluding hydrogens is 484 g/mol. The fourth-order valence-electron chi connectivity index (χ4n) is 2.67. The van der Waals surface area contributed by atoms with E-state index in [1.807, 2.05) is 20.8 Å². The second kappa shape index (κ2) is 23.1. The van der Waals surface area contributed by atoms with Gasteiger partial charge in [-0.3, -0.25) is 0 Å². The summed E-state index contributed by atoms with van der Waals surface area (Å²) in [6.45, 7) is 11.4. The molecule has 0 aromatic heterocycles. The van der Waals surface area contributed by atoms with Crippen LogP contribution in [0.15, 0.2) is 0 Å². The molecule has 0 saturated carbocycles. The molecule has 0 spiro atoms. The Kier molecular flexibility index (Phi) is 22.6. The molecular formula is C21H44N2O7S2Si. The van der Waals surface area contributed by atoms with Crippen LogP contribution in [0.2, 0.25) is 6.04 Å². The monoisotopic (exact) mass is 528 g/mol. The highest BCUT2D eigenvalue weighted by molar-refractivity contribution is 8.02. The van der Waals surface area contributed by atoms with Crippen LogP contribution in [0.3, 0.4) is 0 Å². The topological polar surface area (TPSA) is 104 Å². The Morgan fingerprint density at radius 2 is 1.15 bits per heavy atom. The van der Waals surface area contributed by atoms with Crippen molar-refractivity contribution in [2.24, 2.45) is 0 Å². The summed E-state index contributed by atoms with van der Waals surface area (Å²) < 4.78 is 27.7. The summed E-state index contributed by atoms with van der Waals surface area (Å²) in [5.41, 5.74) is 0. The summed E-state index contributed by atoms with van der Waals surface area (Å²) in [5, 5.41) is 5.49. The number of nitrogens with one attached hydrogen (secondary N) is 2. The van der Waals surface area contributed by atoms with Gasteiger partial charge in [0.1, 0.15) is 13.2 Å². The lowest BCUT2D eigenvalue weighted by molar-refractivity contribution is 0.0707. The van der Waals surface area contributed by atoms with Crippen LogP contribution >= 0.6 is 23.5 Å². The lowest BCUT2D eigenvalue weighted by Gasteiger charge is -2.28. The number of amides is 2. The third-order valence-electron chi connectivity index (χ3n) is 4.12. The second-order valence-corrected chi connectivity index (χ2v) is 12.0. The quantitative estimate of drug-likeness (QED) is 0.158. The third-order valence-corrected chi connectivity index (χ3v) is 9.42. The molecule has 0 aliphatic rings. The molecule has 9 nitrogen and oxygen atoms in total. The van der Waals surface area contributed by atoms with Crippen molar-refractivity contribution >= 4 is 44.5 Å². The fraction of sp³-hybridized carbons (Fsp3) is 0.905. The van der Waals surface area contributed by atoms with Gasteiger partial charge in [0.2, 0.25) is 0 Å². The van der Waals surface area contributed by atoms with E-state index in [1.54, 1.807) is 23.5 Å². The SMILES string of the molecule is CCCCNC(=O)OCCSCCSCCOC(=O)NCCC[Si](OCC)(OCC)OCC. The van der Waals surface area contributed by atoms with Crippen molar-refractivity contribution in [1.29, 1.82) is 0 Å². The van der Waals surface area contributed by atoms with Crippen LogP contribution in [0.1, 0.15) is 47.0 Å². The molecule has 33 heavy (non-hydrogen) atoms. The Hall–Kier alpha value is -0.663. The van der Waals surface area contributed by atoms with E-state index < -0.39 is 14.9 Å². The average molecular weight is 529 g/mol. The molecule has 0 bridgehead atoms. The maximum atomic E-state index is 11.8. The largest absolute Gasteiger partial charge is 0.500 e. The maximum absolute atomic E-state index is 11.8. The number of hydrogen-bond acceptors (Lipinski definition) is 9. The van der Waals surface area contributed by atoms with Gasteiger partial charge < -0.3 is 33.4 Å². The predicted molar refractivity (Wildman–Crippen MR) is 138 cm³/mol. The minimum absolute atomic E-state index is 0.340. The van der Waals surface area contributed by atoms with Crippen LogP contribution in [-0.4, -0.2) is 90.1 Å². The standard InChI is InChI=1S/C21H44N2O7S2Si/c1-5-9-11-22-20(24)26-13-15-31-17-18-32-16-14-27-21(25)23-12-10-19-33(28-6-2,29-7-3)30-8-4/h5-19H2,1-4H3,(H,22,24)(H,23,25). The Balaban J connectivity index is 3.63. The Bertz CT molecular complexity index is 477. The highest BCUT2D eigenvalue weighted by Crippen LogP contribution is 2.17. The zero-order chi connectivity index (χ0) is 24.6. The molecule has 0 rings (SSSR count). The first kappa shape index (κ1) is 32.3. The zero-order valence-corrected chi connectivity index (χ0v) is 23.4. The first-order chi connectivity index (χ1) is 16.0. The number of ether oxygens (including phenoxy) is 2. The van der Waals surface area contributed by atoms with Crippen molar-refractivity contribution < 1.29 is 32.3 Å². The summed E-state index contributed by atoms with van der Waals surface area (Å²) in [4.78, 5) is 23.2. The minimum atomic E-state index is -2.66. The first-order valence-electron chi connectivity index (χ1n) is 11.9. The predicted octanol–water partition coefficient (Wildman–Crippen LogP) is 4.14. The average Bonchev–Trinajstić information content (AvgIpc) is 2.79. The highest BCUT2D eigenvalue weighted by atomic mass is 32.2. The molecule has 0 radical (unpaired) electrons. The molecule has 0 aromatic carbocycles. The molecule has 196 valence electrons. The van der Waals surface area contributed by atoms with Gasteiger partial charge in [0.05, 0.1) is 0 Å². The van der Waals surface area contributed by atoms with Crippen LogP contribution in [0.5, 0.6) is 0 Å². The third kappa shape index (κ3) is 19.3. The lowest BCUT2D eigenvalue weighted by Crippen LogP contribution is -2.46. The smallest absolute Gasteiger partial charge is 0.449 e. The summed E-state index contributed by atoms with van der Waals surface area (Å²) in [6, 6.07) is 0.658. The van der Waals surface area contributed by atoms with Gasteiger partial charge in [0, 0.05) is 62.0 Å². The van der Waals surface area contributed by atoms with Crippen LogP contribution in [-0.2, 0) is 22.8 Å². The number of carbonyl (C=O) groups excluding carboxylic acids is 2. The van der Waals surface area contributed by atoms with Crippen molar-refractivity contribution in [3.8, 4) is 0 Å². The van der Waals surface area contributed by atoms with E-state index in [0.717, 1.165) is 35.9 Å². The van der Waals surface area contributed by atoms with Gasteiger partial charge in [0.25, 0.3) is 0 Å². The summed E-state index contributed by atoms with van der Waals surface area (Å²) >= 11 is 3.47. The van der Waals surface area contributed by atoms with E-state index in [2.05, 4.69) is 17.6 Å². The molecule has 0 fully saturated rings. The first-order valence-corrected chi connectivity index (χ1v) is 16.2. The molecule has 0 aromatic rings. The van der Waals surface area contributed by atoms with E-state index in [9.17, 15) is 9.59 Å². The number of unbranched alkanes of at least 4 members (excludes halogenated alkanes) is 1. The van der Waals surface area contributed by atoms with Gasteiger partial charge in [-0.25, -0.2) is 9.59 Å². The van der Waals surface area contributed by atoms with Gasteiger partial charge in [0.15, 0.2) is 0 Å².